The van der Waals surface area contributed by atoms with Gasteiger partial charge >= 0.3 is 5.97 Å². The number of amides is 2. The molecule has 0 saturated carbocycles. The van der Waals surface area contributed by atoms with Gasteiger partial charge in [0.1, 0.15) is 0 Å². The van der Waals surface area contributed by atoms with Crippen molar-refractivity contribution in [1.29, 1.82) is 0 Å². The van der Waals surface area contributed by atoms with Crippen LogP contribution in [-0.4, -0.2) is 61.1 Å². The van der Waals surface area contributed by atoms with Gasteiger partial charge in [-0.05, 0) is 24.5 Å². The Balaban J connectivity index is 1.81. The standard InChI is InChI=1S/C22H24N2O6/c1-29-14-5-4-13-18(19(14)30-2)24(12-25)15-6-8-21(11-17(27)28)7-3-9-23-16(26)10-22(13,15)20(21)23/h4-6,8,12,15,20H,3,7,9-11H2,1-2H3,(H,27,28)/t15-,20-,21-,22-/m1/s1. The number of methoxy groups -OCH3 is 2. The van der Waals surface area contributed by atoms with Crippen LogP contribution in [0.2, 0.25) is 0 Å². The highest BCUT2D eigenvalue weighted by molar-refractivity contribution is 5.94. The number of hydrogen-bond donors (Lipinski definition) is 1. The number of aliphatic carboxylic acids is 1. The number of carboxylic acids is 1. The topological polar surface area (TPSA) is 96.4 Å². The predicted molar refractivity (Wildman–Crippen MR) is 107 cm³/mol. The molecule has 4 atom stereocenters. The number of nitrogens with zero attached hydrogens (tertiary/aromatic N) is 2. The first-order valence-electron chi connectivity index (χ1n) is 10.1. The first-order chi connectivity index (χ1) is 14.4. The molecule has 1 spiro atoms. The maximum Gasteiger partial charge on any atom is 0.304 e. The van der Waals surface area contributed by atoms with E-state index in [2.05, 4.69) is 0 Å². The lowest BCUT2D eigenvalue weighted by Gasteiger charge is -2.54. The minimum Gasteiger partial charge on any atom is -0.493 e. The van der Waals surface area contributed by atoms with Crippen molar-refractivity contribution in [2.24, 2.45) is 5.41 Å². The molecule has 1 aromatic rings. The van der Waals surface area contributed by atoms with E-state index in [0.29, 0.717) is 30.2 Å². The van der Waals surface area contributed by atoms with Crippen molar-refractivity contribution in [3.63, 3.8) is 0 Å². The molecule has 1 aliphatic carbocycles. The van der Waals surface area contributed by atoms with Crippen LogP contribution < -0.4 is 14.4 Å². The Hall–Kier alpha value is -3.03. The zero-order valence-corrected chi connectivity index (χ0v) is 17.0. The van der Waals surface area contributed by atoms with Crippen LogP contribution in [0.4, 0.5) is 5.69 Å². The molecule has 8 nitrogen and oxygen atoms in total. The van der Waals surface area contributed by atoms with Gasteiger partial charge in [-0.2, -0.15) is 0 Å². The summed E-state index contributed by atoms with van der Waals surface area (Å²) in [6.07, 6.45) is 6.30. The van der Waals surface area contributed by atoms with E-state index in [9.17, 15) is 19.5 Å². The van der Waals surface area contributed by atoms with Crippen LogP contribution in [0.15, 0.2) is 24.3 Å². The van der Waals surface area contributed by atoms with E-state index in [1.54, 1.807) is 11.0 Å². The molecular formula is C22H24N2O6. The highest BCUT2D eigenvalue weighted by Crippen LogP contribution is 2.65. The predicted octanol–water partition coefficient (Wildman–Crippen LogP) is 1.71. The first kappa shape index (κ1) is 19.0. The lowest BCUT2D eigenvalue weighted by Crippen LogP contribution is -2.63. The van der Waals surface area contributed by atoms with Gasteiger partial charge in [0.05, 0.1) is 43.8 Å². The van der Waals surface area contributed by atoms with Gasteiger partial charge in [-0.15, -0.1) is 0 Å². The number of ether oxygens (including phenoxy) is 2. The SMILES string of the molecule is COc1ccc2c(c1OC)N(C=O)[C@@H]1C=C[C@@]3(CC(=O)O)CCCN4C(=O)C[C@@]21[C@H]43. The van der Waals surface area contributed by atoms with E-state index < -0.39 is 16.8 Å². The number of carbonyl (C=O) groups is 3. The maximum atomic E-state index is 13.2. The van der Waals surface area contributed by atoms with Crippen LogP contribution in [0.5, 0.6) is 11.5 Å². The van der Waals surface area contributed by atoms with Crippen LogP contribution in [0.1, 0.15) is 31.2 Å². The van der Waals surface area contributed by atoms with Crippen molar-refractivity contribution in [2.75, 3.05) is 25.7 Å². The summed E-state index contributed by atoms with van der Waals surface area (Å²) in [5, 5.41) is 9.70. The molecule has 1 N–H and O–H groups in total. The molecule has 158 valence electrons. The minimum atomic E-state index is -0.882. The third-order valence-corrected chi connectivity index (χ3v) is 7.46. The normalized spacial score (nSPS) is 33.1. The summed E-state index contributed by atoms with van der Waals surface area (Å²) in [6.45, 7) is 0.608. The molecule has 1 aromatic carbocycles. The summed E-state index contributed by atoms with van der Waals surface area (Å²) >= 11 is 0. The van der Waals surface area contributed by atoms with Crippen molar-refractivity contribution in [2.45, 2.75) is 43.2 Å². The summed E-state index contributed by atoms with van der Waals surface area (Å²) in [5.74, 6) is 0.0810. The van der Waals surface area contributed by atoms with Crippen LogP contribution in [-0.2, 0) is 19.8 Å². The number of anilines is 1. The fourth-order valence-electron chi connectivity index (χ4n) is 6.63. The smallest absolute Gasteiger partial charge is 0.304 e. The van der Waals surface area contributed by atoms with E-state index in [4.69, 9.17) is 9.47 Å². The van der Waals surface area contributed by atoms with E-state index in [-0.39, 0.29) is 30.8 Å². The first-order valence-corrected chi connectivity index (χ1v) is 10.1. The number of hydrogen-bond acceptors (Lipinski definition) is 5. The largest absolute Gasteiger partial charge is 0.493 e. The highest BCUT2D eigenvalue weighted by atomic mass is 16.5. The molecule has 8 heteroatoms. The quantitative estimate of drug-likeness (QED) is 0.584. The average Bonchev–Trinajstić information content (AvgIpc) is 3.19. The van der Waals surface area contributed by atoms with Gasteiger partial charge < -0.3 is 24.4 Å². The fourth-order valence-corrected chi connectivity index (χ4v) is 6.63. The van der Waals surface area contributed by atoms with Crippen molar-refractivity contribution < 1.29 is 29.0 Å². The molecule has 2 fully saturated rings. The van der Waals surface area contributed by atoms with Crippen molar-refractivity contribution in [3.8, 4) is 11.5 Å². The second-order valence-electron chi connectivity index (χ2n) is 8.63. The molecule has 3 aliphatic heterocycles. The molecule has 30 heavy (non-hydrogen) atoms. The Morgan fingerprint density at radius 3 is 2.80 bits per heavy atom. The fraction of sp³-hybridized carbons (Fsp3) is 0.500. The summed E-state index contributed by atoms with van der Waals surface area (Å²) in [5.41, 5.74) is 0.0834. The Bertz CT molecular complexity index is 990. The number of rotatable bonds is 5. The summed E-state index contributed by atoms with van der Waals surface area (Å²) in [7, 11) is 3.06. The Morgan fingerprint density at radius 2 is 2.13 bits per heavy atom. The molecule has 3 heterocycles. The molecule has 2 amide bonds. The molecule has 4 aliphatic rings. The Labute approximate surface area is 174 Å². The summed E-state index contributed by atoms with van der Waals surface area (Å²) in [6, 6.07) is 3.00. The zero-order chi connectivity index (χ0) is 21.3. The zero-order valence-electron chi connectivity index (χ0n) is 17.0. The summed E-state index contributed by atoms with van der Waals surface area (Å²) < 4.78 is 11.1. The van der Waals surface area contributed by atoms with Gasteiger partial charge in [0.25, 0.3) is 0 Å². The van der Waals surface area contributed by atoms with Gasteiger partial charge in [-0.1, -0.05) is 18.2 Å². The molecule has 2 saturated heterocycles. The number of piperidine rings is 1. The second kappa shape index (κ2) is 6.23. The molecule has 0 unspecified atom stereocenters. The number of fused-ring (bicyclic) bond motifs is 1. The molecule has 0 bridgehead atoms. The number of benzene rings is 1. The van der Waals surface area contributed by atoms with Crippen molar-refractivity contribution >= 4 is 24.0 Å². The van der Waals surface area contributed by atoms with Gasteiger partial charge in [0.2, 0.25) is 12.3 Å². The van der Waals surface area contributed by atoms with Crippen LogP contribution >= 0.6 is 0 Å². The van der Waals surface area contributed by atoms with Crippen LogP contribution in [0.25, 0.3) is 0 Å². The summed E-state index contributed by atoms with van der Waals surface area (Å²) in [4.78, 5) is 40.8. The lowest BCUT2D eigenvalue weighted by molar-refractivity contribution is -0.143. The Kier molecular flexibility index (Phi) is 3.94. The number of carboxylic acid groups (broad SMARTS) is 1. The molecule has 5 rings (SSSR count). The average molecular weight is 412 g/mol. The molecular weight excluding hydrogens is 388 g/mol. The third kappa shape index (κ3) is 2.08. The van der Waals surface area contributed by atoms with E-state index in [0.717, 1.165) is 18.4 Å². The van der Waals surface area contributed by atoms with Crippen molar-refractivity contribution in [3.05, 3.63) is 29.8 Å². The van der Waals surface area contributed by atoms with E-state index in [1.165, 1.54) is 14.2 Å². The molecule has 0 aromatic heterocycles. The van der Waals surface area contributed by atoms with E-state index >= 15 is 0 Å². The number of carbonyl (C=O) groups excluding carboxylic acids is 2. The van der Waals surface area contributed by atoms with Crippen LogP contribution in [0, 0.1) is 5.41 Å². The van der Waals surface area contributed by atoms with Crippen molar-refractivity contribution in [1.82, 2.24) is 4.90 Å². The van der Waals surface area contributed by atoms with Gasteiger partial charge in [0.15, 0.2) is 11.5 Å². The minimum absolute atomic E-state index is 0.0108. The van der Waals surface area contributed by atoms with E-state index in [1.807, 2.05) is 23.1 Å². The highest BCUT2D eigenvalue weighted by Gasteiger charge is 2.70. The van der Waals surface area contributed by atoms with Gasteiger partial charge in [-0.3, -0.25) is 14.4 Å². The Morgan fingerprint density at radius 1 is 1.33 bits per heavy atom. The van der Waals surface area contributed by atoms with Crippen LogP contribution in [0.3, 0.4) is 0 Å². The van der Waals surface area contributed by atoms with Gasteiger partial charge in [-0.25, -0.2) is 0 Å². The molecule has 0 radical (unpaired) electrons. The monoisotopic (exact) mass is 412 g/mol. The lowest BCUT2D eigenvalue weighted by atomic mass is 9.55. The van der Waals surface area contributed by atoms with Gasteiger partial charge in [0, 0.05) is 18.4 Å². The third-order valence-electron chi connectivity index (χ3n) is 7.46. The second-order valence-corrected chi connectivity index (χ2v) is 8.63. The maximum absolute atomic E-state index is 13.2.